The third-order valence-electron chi connectivity index (χ3n) is 3.06. The van der Waals surface area contributed by atoms with Gasteiger partial charge in [-0.05, 0) is 26.2 Å². The van der Waals surface area contributed by atoms with E-state index in [1.54, 1.807) is 0 Å². The Morgan fingerprint density at radius 2 is 2.41 bits per heavy atom. The van der Waals surface area contributed by atoms with Gasteiger partial charge in [0.25, 0.3) is 0 Å². The number of hydrogen-bond donors (Lipinski definition) is 3. The normalized spacial score (nSPS) is 27.5. The summed E-state index contributed by atoms with van der Waals surface area (Å²) in [4.78, 5) is 12.0. The number of amidine groups is 1. The Labute approximate surface area is 101 Å². The van der Waals surface area contributed by atoms with Crippen LogP contribution in [-0.2, 0) is 9.53 Å². The van der Waals surface area contributed by atoms with E-state index < -0.39 is 5.92 Å². The highest BCUT2D eigenvalue weighted by Gasteiger charge is 2.32. The van der Waals surface area contributed by atoms with Gasteiger partial charge < -0.3 is 21.0 Å². The molecular weight excluding hydrogens is 222 g/mol. The molecule has 0 spiro atoms. The van der Waals surface area contributed by atoms with Gasteiger partial charge in [0.15, 0.2) is 5.84 Å². The molecule has 0 radical (unpaired) electrons. The minimum absolute atomic E-state index is 0.0506. The first kappa shape index (κ1) is 13.8. The van der Waals surface area contributed by atoms with E-state index in [0.717, 1.165) is 19.4 Å². The molecule has 1 amide bonds. The Hall–Kier alpha value is -1.30. The molecule has 2 unspecified atom stereocenters. The van der Waals surface area contributed by atoms with Crippen LogP contribution in [0.4, 0.5) is 0 Å². The van der Waals surface area contributed by atoms with Crippen LogP contribution >= 0.6 is 0 Å². The van der Waals surface area contributed by atoms with Crippen molar-refractivity contribution in [2.75, 3.05) is 13.2 Å². The second kappa shape index (κ2) is 5.86. The van der Waals surface area contributed by atoms with Crippen molar-refractivity contribution in [3.05, 3.63) is 0 Å². The number of nitrogens with two attached hydrogens (primary N) is 1. The summed E-state index contributed by atoms with van der Waals surface area (Å²) in [5.41, 5.74) is 5.14. The lowest BCUT2D eigenvalue weighted by atomic mass is 9.93. The smallest absolute Gasteiger partial charge is 0.231 e. The lowest BCUT2D eigenvalue weighted by Crippen LogP contribution is -2.54. The molecule has 1 aliphatic rings. The van der Waals surface area contributed by atoms with Crippen LogP contribution in [0.15, 0.2) is 5.16 Å². The van der Waals surface area contributed by atoms with Gasteiger partial charge in [0.05, 0.1) is 18.1 Å². The van der Waals surface area contributed by atoms with Gasteiger partial charge in [0, 0.05) is 6.61 Å². The van der Waals surface area contributed by atoms with E-state index in [1.807, 2.05) is 13.8 Å². The molecule has 6 heteroatoms. The van der Waals surface area contributed by atoms with E-state index in [1.165, 1.54) is 0 Å². The average Bonchev–Trinajstić information content (AvgIpc) is 2.29. The summed E-state index contributed by atoms with van der Waals surface area (Å²) in [6.45, 7) is 5.01. The standard InChI is InChI=1S/C11H21N3O3/c1-3-8(9(12)14-16)10(15)13-11(2)5-4-6-17-7-11/h8,16H,3-7H2,1-2H3,(H2,12,14)(H,13,15). The first-order valence-corrected chi connectivity index (χ1v) is 5.89. The predicted octanol–water partition coefficient (Wildman–Crippen LogP) is 0.444. The molecule has 17 heavy (non-hydrogen) atoms. The van der Waals surface area contributed by atoms with Crippen molar-refractivity contribution in [2.24, 2.45) is 16.8 Å². The molecule has 1 rings (SSSR count). The fraction of sp³-hybridized carbons (Fsp3) is 0.818. The number of carbonyl (C=O) groups excluding carboxylic acids is 1. The molecule has 0 saturated carbocycles. The number of rotatable bonds is 4. The minimum atomic E-state index is -0.584. The molecule has 0 aliphatic carbocycles. The van der Waals surface area contributed by atoms with Gasteiger partial charge in [-0.1, -0.05) is 12.1 Å². The predicted molar refractivity (Wildman–Crippen MR) is 63.8 cm³/mol. The van der Waals surface area contributed by atoms with Gasteiger partial charge >= 0.3 is 0 Å². The topological polar surface area (TPSA) is 96.9 Å². The quantitative estimate of drug-likeness (QED) is 0.289. The molecule has 0 aromatic rings. The third-order valence-corrected chi connectivity index (χ3v) is 3.06. The van der Waals surface area contributed by atoms with Crippen LogP contribution in [0, 0.1) is 5.92 Å². The minimum Gasteiger partial charge on any atom is -0.409 e. The van der Waals surface area contributed by atoms with E-state index in [0.29, 0.717) is 13.0 Å². The van der Waals surface area contributed by atoms with Crippen LogP contribution in [0.3, 0.4) is 0 Å². The molecule has 1 heterocycles. The van der Waals surface area contributed by atoms with Crippen LogP contribution in [0.1, 0.15) is 33.1 Å². The Balaban J connectivity index is 2.63. The Morgan fingerprint density at radius 1 is 1.71 bits per heavy atom. The number of nitrogens with one attached hydrogen (secondary N) is 1. The zero-order valence-electron chi connectivity index (χ0n) is 10.4. The van der Waals surface area contributed by atoms with Gasteiger partial charge in [-0.3, -0.25) is 4.79 Å². The van der Waals surface area contributed by atoms with E-state index in [-0.39, 0.29) is 17.3 Å². The number of carbonyl (C=O) groups is 1. The lowest BCUT2D eigenvalue weighted by molar-refractivity contribution is -0.126. The zero-order chi connectivity index (χ0) is 12.9. The molecule has 1 saturated heterocycles. The second-order valence-electron chi connectivity index (χ2n) is 4.69. The number of amides is 1. The molecule has 0 aromatic heterocycles. The van der Waals surface area contributed by atoms with Crippen LogP contribution in [0.2, 0.25) is 0 Å². The van der Waals surface area contributed by atoms with E-state index in [4.69, 9.17) is 15.7 Å². The van der Waals surface area contributed by atoms with Gasteiger partial charge in [-0.25, -0.2) is 0 Å². The summed E-state index contributed by atoms with van der Waals surface area (Å²) in [5, 5.41) is 14.4. The van der Waals surface area contributed by atoms with E-state index in [9.17, 15) is 4.79 Å². The molecule has 6 nitrogen and oxygen atoms in total. The third kappa shape index (κ3) is 3.59. The fourth-order valence-electron chi connectivity index (χ4n) is 2.02. The maximum Gasteiger partial charge on any atom is 0.231 e. The van der Waals surface area contributed by atoms with Crippen molar-refractivity contribution < 1.29 is 14.7 Å². The van der Waals surface area contributed by atoms with Crippen LogP contribution < -0.4 is 11.1 Å². The molecule has 98 valence electrons. The number of oxime groups is 1. The average molecular weight is 243 g/mol. The maximum absolute atomic E-state index is 12.0. The van der Waals surface area contributed by atoms with E-state index >= 15 is 0 Å². The van der Waals surface area contributed by atoms with Crippen LogP contribution in [0.5, 0.6) is 0 Å². The van der Waals surface area contributed by atoms with Crippen LogP contribution in [0.25, 0.3) is 0 Å². The molecule has 4 N–H and O–H groups in total. The lowest BCUT2D eigenvalue weighted by Gasteiger charge is -2.35. The molecule has 1 fully saturated rings. The summed E-state index contributed by atoms with van der Waals surface area (Å²) >= 11 is 0. The van der Waals surface area contributed by atoms with Crippen molar-refractivity contribution in [3.63, 3.8) is 0 Å². The van der Waals surface area contributed by atoms with Crippen molar-refractivity contribution in [2.45, 2.75) is 38.6 Å². The largest absolute Gasteiger partial charge is 0.409 e. The highest BCUT2D eigenvalue weighted by molar-refractivity contribution is 6.02. The highest BCUT2D eigenvalue weighted by Crippen LogP contribution is 2.19. The number of ether oxygens (including phenoxy) is 1. The first-order valence-electron chi connectivity index (χ1n) is 5.89. The molecule has 0 aromatic carbocycles. The number of nitrogens with zero attached hydrogens (tertiary/aromatic N) is 1. The fourth-order valence-corrected chi connectivity index (χ4v) is 2.02. The van der Waals surface area contributed by atoms with Crippen molar-refractivity contribution >= 4 is 11.7 Å². The van der Waals surface area contributed by atoms with Crippen molar-refractivity contribution in [1.82, 2.24) is 5.32 Å². The molecular formula is C11H21N3O3. The SMILES string of the molecule is CCC(C(=O)NC1(C)CCCOC1)C(N)=NO. The molecule has 0 bridgehead atoms. The molecule has 2 atom stereocenters. The first-order chi connectivity index (χ1) is 8.02. The van der Waals surface area contributed by atoms with Crippen molar-refractivity contribution in [1.29, 1.82) is 0 Å². The van der Waals surface area contributed by atoms with Gasteiger partial charge in [0.1, 0.15) is 0 Å². The maximum atomic E-state index is 12.0. The van der Waals surface area contributed by atoms with Gasteiger partial charge in [-0.2, -0.15) is 0 Å². The number of hydrogen-bond acceptors (Lipinski definition) is 4. The summed E-state index contributed by atoms with van der Waals surface area (Å²) in [6.07, 6.45) is 2.31. The van der Waals surface area contributed by atoms with Crippen LogP contribution in [-0.4, -0.2) is 35.7 Å². The van der Waals surface area contributed by atoms with Gasteiger partial charge in [0.2, 0.25) is 5.91 Å². The Morgan fingerprint density at radius 3 is 2.88 bits per heavy atom. The second-order valence-corrected chi connectivity index (χ2v) is 4.69. The summed E-state index contributed by atoms with van der Waals surface area (Å²) in [6, 6.07) is 0. The van der Waals surface area contributed by atoms with Gasteiger partial charge in [-0.15, -0.1) is 0 Å². The Bertz CT molecular complexity index is 298. The highest BCUT2D eigenvalue weighted by atomic mass is 16.5. The Kier molecular flexibility index (Phi) is 4.74. The summed E-state index contributed by atoms with van der Waals surface area (Å²) in [5.74, 6) is -0.847. The van der Waals surface area contributed by atoms with E-state index in [2.05, 4.69) is 10.5 Å². The van der Waals surface area contributed by atoms with Crippen molar-refractivity contribution in [3.8, 4) is 0 Å². The zero-order valence-corrected chi connectivity index (χ0v) is 10.4. The monoisotopic (exact) mass is 243 g/mol. The molecule has 1 aliphatic heterocycles. The summed E-state index contributed by atoms with van der Waals surface area (Å²) < 4.78 is 5.36. The summed E-state index contributed by atoms with van der Waals surface area (Å²) in [7, 11) is 0.